The molecule has 0 aromatic heterocycles. The Balaban J connectivity index is 1.42. The Kier molecular flexibility index (Phi) is 7.50. The van der Waals surface area contributed by atoms with E-state index in [-0.39, 0.29) is 30.1 Å². The smallest absolute Gasteiger partial charge is 0.308 e. The zero-order valence-electron chi connectivity index (χ0n) is 18.0. The molecule has 1 aliphatic heterocycles. The van der Waals surface area contributed by atoms with Crippen LogP contribution in [0.3, 0.4) is 0 Å². The van der Waals surface area contributed by atoms with Gasteiger partial charge in [0.05, 0.1) is 16.9 Å². The van der Waals surface area contributed by atoms with Gasteiger partial charge in [-0.05, 0) is 31.4 Å². The number of nitro groups is 1. The second-order valence-electron chi connectivity index (χ2n) is 7.62. The summed E-state index contributed by atoms with van der Waals surface area (Å²) in [6, 6.07) is 13.5. The number of nitrogens with zero attached hydrogens (tertiary/aromatic N) is 2. The molecule has 10 heteroatoms. The highest BCUT2D eigenvalue weighted by Crippen LogP contribution is 2.30. The topological polar surface area (TPSA) is 136 Å². The number of esters is 1. The van der Waals surface area contributed by atoms with Gasteiger partial charge in [0.25, 0.3) is 23.4 Å². The number of ether oxygens (including phenoxy) is 1. The number of benzene rings is 2. The van der Waals surface area contributed by atoms with Crippen LogP contribution >= 0.6 is 0 Å². The van der Waals surface area contributed by atoms with Crippen molar-refractivity contribution < 1.29 is 28.8 Å². The fourth-order valence-corrected chi connectivity index (χ4v) is 3.51. The summed E-state index contributed by atoms with van der Waals surface area (Å²) in [7, 11) is 0. The monoisotopic (exact) mass is 453 g/mol. The van der Waals surface area contributed by atoms with Crippen molar-refractivity contribution in [1.29, 1.82) is 0 Å². The molecule has 2 aromatic rings. The molecule has 0 spiro atoms. The molecule has 1 atom stereocenters. The zero-order chi connectivity index (χ0) is 24.0. The van der Waals surface area contributed by atoms with Gasteiger partial charge in [-0.3, -0.25) is 34.2 Å². The van der Waals surface area contributed by atoms with E-state index in [4.69, 9.17) is 4.74 Å². The van der Waals surface area contributed by atoms with E-state index in [2.05, 4.69) is 5.32 Å². The van der Waals surface area contributed by atoms with Gasteiger partial charge in [-0.15, -0.1) is 0 Å². The fourth-order valence-electron chi connectivity index (χ4n) is 3.51. The highest BCUT2D eigenvalue weighted by Gasteiger charge is 2.40. The summed E-state index contributed by atoms with van der Waals surface area (Å²) in [6.07, 6.45) is 1.17. The van der Waals surface area contributed by atoms with Crippen LogP contribution in [0.2, 0.25) is 0 Å². The average Bonchev–Trinajstić information content (AvgIpc) is 3.05. The zero-order valence-corrected chi connectivity index (χ0v) is 18.0. The van der Waals surface area contributed by atoms with Crippen molar-refractivity contribution in [2.24, 2.45) is 0 Å². The highest BCUT2D eigenvalue weighted by atomic mass is 16.6. The molecule has 0 radical (unpaired) electrons. The molecule has 0 aliphatic carbocycles. The molecule has 33 heavy (non-hydrogen) atoms. The summed E-state index contributed by atoms with van der Waals surface area (Å²) < 4.78 is 4.93. The van der Waals surface area contributed by atoms with Gasteiger partial charge in [0.1, 0.15) is 5.56 Å². The predicted molar refractivity (Wildman–Crippen MR) is 116 cm³/mol. The van der Waals surface area contributed by atoms with Crippen LogP contribution in [0.15, 0.2) is 48.5 Å². The fraction of sp³-hybridized carbons (Fsp3) is 0.304. The molecule has 10 nitrogen and oxygen atoms in total. The third-order valence-electron chi connectivity index (χ3n) is 5.19. The van der Waals surface area contributed by atoms with Crippen LogP contribution in [-0.4, -0.2) is 52.7 Å². The number of fused-ring (bicyclic) bond motifs is 1. The number of rotatable bonds is 10. The molecular weight excluding hydrogens is 430 g/mol. The minimum absolute atomic E-state index is 0.0774. The Morgan fingerprint density at radius 2 is 1.82 bits per heavy atom. The van der Waals surface area contributed by atoms with Crippen LogP contribution < -0.4 is 5.32 Å². The molecule has 1 N–H and O–H groups in total. The van der Waals surface area contributed by atoms with E-state index in [0.29, 0.717) is 0 Å². The van der Waals surface area contributed by atoms with Gasteiger partial charge < -0.3 is 10.1 Å². The van der Waals surface area contributed by atoms with Crippen molar-refractivity contribution in [3.8, 4) is 0 Å². The first-order chi connectivity index (χ1) is 15.8. The lowest BCUT2D eigenvalue weighted by Gasteiger charge is -2.15. The van der Waals surface area contributed by atoms with E-state index in [1.54, 1.807) is 0 Å². The first kappa shape index (κ1) is 23.6. The molecule has 1 aliphatic rings. The Morgan fingerprint density at radius 3 is 2.52 bits per heavy atom. The van der Waals surface area contributed by atoms with Crippen molar-refractivity contribution in [2.45, 2.75) is 32.2 Å². The van der Waals surface area contributed by atoms with Crippen molar-refractivity contribution in [1.82, 2.24) is 10.2 Å². The molecule has 0 fully saturated rings. The molecule has 3 rings (SSSR count). The number of carbonyl (C=O) groups excluding carboxylic acids is 4. The van der Waals surface area contributed by atoms with E-state index in [1.165, 1.54) is 12.1 Å². The minimum Gasteiger partial charge on any atom is -0.456 e. The van der Waals surface area contributed by atoms with Crippen molar-refractivity contribution in [3.63, 3.8) is 0 Å². The molecule has 2 aromatic carbocycles. The normalized spacial score (nSPS) is 13.4. The third kappa shape index (κ3) is 5.79. The third-order valence-corrected chi connectivity index (χ3v) is 5.19. The van der Waals surface area contributed by atoms with Gasteiger partial charge in [0.15, 0.2) is 6.61 Å². The molecule has 0 saturated carbocycles. The summed E-state index contributed by atoms with van der Waals surface area (Å²) in [5, 5.41) is 13.9. The molecule has 0 unspecified atom stereocenters. The lowest BCUT2D eigenvalue weighted by atomic mass is 10.1. The standard InChI is InChI=1S/C23H23N3O7/c1-15(10-11-16-6-3-2-4-7-16)24-19(27)14-33-20(28)12-13-25-22(29)17-8-5-9-18(26(31)32)21(17)23(25)30/h2-9,15H,10-14H2,1H3,(H,24,27)/t15-/m0/s1. The Labute approximate surface area is 189 Å². The Morgan fingerprint density at radius 1 is 1.09 bits per heavy atom. The maximum Gasteiger partial charge on any atom is 0.308 e. The van der Waals surface area contributed by atoms with Crippen molar-refractivity contribution in [2.75, 3.05) is 13.2 Å². The molecule has 1 heterocycles. The number of aryl methyl sites for hydroxylation is 1. The number of hydrogen-bond donors (Lipinski definition) is 1. The largest absolute Gasteiger partial charge is 0.456 e. The SMILES string of the molecule is C[C@@H](CCc1ccccc1)NC(=O)COC(=O)CCN1C(=O)c2cccc([N+](=O)[O-])c2C1=O. The summed E-state index contributed by atoms with van der Waals surface area (Å²) in [5.41, 5.74) is 0.327. The Bertz CT molecular complexity index is 1080. The summed E-state index contributed by atoms with van der Waals surface area (Å²) in [4.78, 5) is 60.1. The molecule has 172 valence electrons. The van der Waals surface area contributed by atoms with Gasteiger partial charge in [0.2, 0.25) is 0 Å². The number of carbonyl (C=O) groups is 4. The van der Waals surface area contributed by atoms with Crippen LogP contribution in [0.25, 0.3) is 0 Å². The van der Waals surface area contributed by atoms with Crippen molar-refractivity contribution >= 4 is 29.4 Å². The van der Waals surface area contributed by atoms with E-state index in [0.717, 1.165) is 29.4 Å². The molecule has 3 amide bonds. The van der Waals surface area contributed by atoms with Crippen LogP contribution in [0, 0.1) is 10.1 Å². The lowest BCUT2D eigenvalue weighted by Crippen LogP contribution is -2.36. The number of nitro benzene ring substituents is 1. The van der Waals surface area contributed by atoms with E-state index >= 15 is 0 Å². The van der Waals surface area contributed by atoms with E-state index in [1.807, 2.05) is 37.3 Å². The second kappa shape index (κ2) is 10.5. The first-order valence-corrected chi connectivity index (χ1v) is 10.4. The van der Waals surface area contributed by atoms with E-state index in [9.17, 15) is 29.3 Å². The average molecular weight is 453 g/mol. The summed E-state index contributed by atoms with van der Waals surface area (Å²) >= 11 is 0. The number of nitrogens with one attached hydrogen (secondary N) is 1. The molecular formula is C23H23N3O7. The van der Waals surface area contributed by atoms with Crippen LogP contribution in [0.5, 0.6) is 0 Å². The molecule has 0 bridgehead atoms. The van der Waals surface area contributed by atoms with Gasteiger partial charge in [-0.25, -0.2) is 0 Å². The van der Waals surface area contributed by atoms with Crippen LogP contribution in [0.1, 0.15) is 46.0 Å². The van der Waals surface area contributed by atoms with Gasteiger partial charge in [-0.1, -0.05) is 36.4 Å². The maximum atomic E-state index is 12.5. The Hall–Kier alpha value is -4.08. The number of amides is 3. The second-order valence-corrected chi connectivity index (χ2v) is 7.62. The quantitative estimate of drug-likeness (QED) is 0.252. The van der Waals surface area contributed by atoms with Gasteiger partial charge >= 0.3 is 5.97 Å². The highest BCUT2D eigenvalue weighted by molar-refractivity contribution is 6.23. The van der Waals surface area contributed by atoms with Gasteiger partial charge in [0, 0.05) is 18.7 Å². The number of imide groups is 1. The molecule has 0 saturated heterocycles. The lowest BCUT2D eigenvalue weighted by molar-refractivity contribution is -0.385. The predicted octanol–water partition coefficient (Wildman–Crippen LogP) is 2.26. The summed E-state index contributed by atoms with van der Waals surface area (Å²) in [6.45, 7) is 1.06. The van der Waals surface area contributed by atoms with Gasteiger partial charge in [-0.2, -0.15) is 0 Å². The van der Waals surface area contributed by atoms with E-state index < -0.39 is 40.9 Å². The maximum absolute atomic E-state index is 12.5. The van der Waals surface area contributed by atoms with Crippen LogP contribution in [0.4, 0.5) is 5.69 Å². The van der Waals surface area contributed by atoms with Crippen LogP contribution in [-0.2, 0) is 20.7 Å². The number of hydrogen-bond acceptors (Lipinski definition) is 7. The first-order valence-electron chi connectivity index (χ1n) is 10.4. The minimum atomic E-state index is -0.833. The van der Waals surface area contributed by atoms with Crippen molar-refractivity contribution in [3.05, 3.63) is 75.3 Å². The summed E-state index contributed by atoms with van der Waals surface area (Å²) in [5.74, 6) is -2.77.